The highest BCUT2D eigenvalue weighted by molar-refractivity contribution is 5.37. The first-order valence-electron chi connectivity index (χ1n) is 11.4. The van der Waals surface area contributed by atoms with Gasteiger partial charge in [-0.15, -0.1) is 0 Å². The van der Waals surface area contributed by atoms with Crippen molar-refractivity contribution < 1.29 is 29.9 Å². The van der Waals surface area contributed by atoms with E-state index in [1.54, 1.807) is 0 Å². The molecule has 2 rings (SSSR count). The maximum atomic E-state index is 9.99. The van der Waals surface area contributed by atoms with Crippen LogP contribution in [0, 0.1) is 5.41 Å². The molecule has 1 fully saturated rings. The third-order valence-electron chi connectivity index (χ3n) is 6.29. The molecule has 5 atom stereocenters. The van der Waals surface area contributed by atoms with Gasteiger partial charge in [-0.05, 0) is 51.0 Å². The molecule has 2 aliphatic rings. The number of allylic oxidation sites excluding steroid dienone is 9. The molecule has 1 aliphatic heterocycles. The Kier molecular flexibility index (Phi) is 10.1. The minimum absolute atomic E-state index is 0.157. The van der Waals surface area contributed by atoms with E-state index in [0.717, 1.165) is 11.1 Å². The summed E-state index contributed by atoms with van der Waals surface area (Å²) in [4.78, 5) is 0. The maximum absolute atomic E-state index is 9.99. The lowest BCUT2D eigenvalue weighted by molar-refractivity contribution is -0.298. The zero-order chi connectivity index (χ0) is 23.9. The minimum atomic E-state index is -1.43. The van der Waals surface area contributed by atoms with Crippen molar-refractivity contribution in [2.45, 2.75) is 84.6 Å². The topological polar surface area (TPSA) is 99.4 Å². The number of hydrogen-bond acceptors (Lipinski definition) is 6. The van der Waals surface area contributed by atoms with Gasteiger partial charge in [0.2, 0.25) is 0 Å². The van der Waals surface area contributed by atoms with Crippen LogP contribution in [-0.2, 0) is 9.47 Å². The van der Waals surface area contributed by atoms with Gasteiger partial charge in [-0.1, -0.05) is 67.0 Å². The summed E-state index contributed by atoms with van der Waals surface area (Å²) in [6.07, 6.45) is 9.62. The average Bonchev–Trinajstić information content (AvgIpc) is 2.73. The normalized spacial score (nSPS) is 32.3. The Morgan fingerprint density at radius 3 is 2.47 bits per heavy atom. The number of ether oxygens (including phenoxy) is 2. The first-order valence-corrected chi connectivity index (χ1v) is 11.4. The number of rotatable bonds is 8. The highest BCUT2D eigenvalue weighted by atomic mass is 16.7. The van der Waals surface area contributed by atoms with Gasteiger partial charge >= 0.3 is 0 Å². The van der Waals surface area contributed by atoms with E-state index in [9.17, 15) is 20.4 Å². The standard InChI is InChI=1S/C26H40O6/c1-17(11-12-20-19(3)10-7-14-26(20,4)5)8-6-9-18(2)13-15-31-25-24(30)23(29)22(28)21(16-27)32-25/h6,8-9,11-13,21-25,27-30H,7,10,14-16H2,1-5H3/b9-6+,12-11+,17-8+,18-13+/t21-,22-,23+,24-,25?/m1/s1. The van der Waals surface area contributed by atoms with Gasteiger partial charge in [0.25, 0.3) is 0 Å². The summed E-state index contributed by atoms with van der Waals surface area (Å²) in [5, 5.41) is 38.8. The number of aliphatic hydroxyl groups excluding tert-OH is 4. The molecule has 0 bridgehead atoms. The van der Waals surface area contributed by atoms with Gasteiger partial charge in [0.05, 0.1) is 13.2 Å². The van der Waals surface area contributed by atoms with Crippen molar-refractivity contribution in [3.8, 4) is 0 Å². The molecule has 0 aromatic heterocycles. The molecule has 0 aromatic rings. The molecule has 4 N–H and O–H groups in total. The second kappa shape index (κ2) is 12.1. The molecule has 180 valence electrons. The van der Waals surface area contributed by atoms with Gasteiger partial charge in [-0.2, -0.15) is 0 Å². The number of hydrogen-bond donors (Lipinski definition) is 4. The average molecular weight is 449 g/mol. The summed E-state index contributed by atoms with van der Waals surface area (Å²) in [6, 6.07) is 0. The van der Waals surface area contributed by atoms with E-state index < -0.39 is 37.3 Å². The second-order valence-electron chi connectivity index (χ2n) is 9.51. The molecule has 1 saturated heterocycles. The Morgan fingerprint density at radius 2 is 1.81 bits per heavy atom. The summed E-state index contributed by atoms with van der Waals surface area (Å²) in [7, 11) is 0. The Bertz CT molecular complexity index is 771. The fourth-order valence-electron chi connectivity index (χ4n) is 4.18. The van der Waals surface area contributed by atoms with Gasteiger partial charge in [0.1, 0.15) is 24.4 Å². The third kappa shape index (κ3) is 7.24. The van der Waals surface area contributed by atoms with Crippen LogP contribution in [0.4, 0.5) is 0 Å². The molecule has 0 saturated carbocycles. The third-order valence-corrected chi connectivity index (χ3v) is 6.29. The van der Waals surface area contributed by atoms with Crippen LogP contribution in [0.1, 0.15) is 53.9 Å². The van der Waals surface area contributed by atoms with Crippen LogP contribution in [0.15, 0.2) is 58.7 Å². The molecular weight excluding hydrogens is 408 g/mol. The summed E-state index contributed by atoms with van der Waals surface area (Å²) < 4.78 is 10.8. The fraction of sp³-hybridized carbons (Fsp3) is 0.615. The zero-order valence-corrected chi connectivity index (χ0v) is 20.0. The molecule has 1 heterocycles. The molecule has 1 aliphatic carbocycles. The lowest BCUT2D eigenvalue weighted by Gasteiger charge is -2.39. The van der Waals surface area contributed by atoms with Crippen molar-refractivity contribution in [2.75, 3.05) is 13.2 Å². The maximum Gasteiger partial charge on any atom is 0.187 e. The van der Waals surface area contributed by atoms with E-state index in [0.29, 0.717) is 0 Å². The van der Waals surface area contributed by atoms with E-state index in [-0.39, 0.29) is 12.0 Å². The zero-order valence-electron chi connectivity index (χ0n) is 20.0. The van der Waals surface area contributed by atoms with E-state index in [1.165, 1.54) is 30.4 Å². The van der Waals surface area contributed by atoms with Crippen LogP contribution in [0.25, 0.3) is 0 Å². The second-order valence-corrected chi connectivity index (χ2v) is 9.51. The summed E-state index contributed by atoms with van der Waals surface area (Å²) in [5.41, 5.74) is 5.29. The predicted octanol–water partition coefficient (Wildman–Crippen LogP) is 3.33. The van der Waals surface area contributed by atoms with E-state index >= 15 is 0 Å². The minimum Gasteiger partial charge on any atom is -0.394 e. The monoisotopic (exact) mass is 448 g/mol. The van der Waals surface area contributed by atoms with Gasteiger partial charge in [0, 0.05) is 0 Å². The molecule has 1 unspecified atom stereocenters. The fourth-order valence-corrected chi connectivity index (χ4v) is 4.18. The molecule has 32 heavy (non-hydrogen) atoms. The van der Waals surface area contributed by atoms with Gasteiger partial charge in [0.15, 0.2) is 6.29 Å². The lowest BCUT2D eigenvalue weighted by Crippen LogP contribution is -2.59. The molecule has 0 aromatic carbocycles. The van der Waals surface area contributed by atoms with Crippen molar-refractivity contribution in [1.82, 2.24) is 0 Å². The number of aliphatic hydroxyl groups is 4. The molecule has 0 radical (unpaired) electrons. The van der Waals surface area contributed by atoms with E-state index in [4.69, 9.17) is 9.47 Å². The predicted molar refractivity (Wildman–Crippen MR) is 126 cm³/mol. The van der Waals surface area contributed by atoms with Gasteiger partial charge in [-0.25, -0.2) is 0 Å². The van der Waals surface area contributed by atoms with Crippen LogP contribution in [0.3, 0.4) is 0 Å². The highest BCUT2D eigenvalue weighted by Crippen LogP contribution is 2.40. The van der Waals surface area contributed by atoms with Crippen molar-refractivity contribution in [1.29, 1.82) is 0 Å². The van der Waals surface area contributed by atoms with Crippen molar-refractivity contribution in [3.63, 3.8) is 0 Å². The largest absolute Gasteiger partial charge is 0.394 e. The quantitative estimate of drug-likeness (QED) is 0.425. The van der Waals surface area contributed by atoms with Crippen LogP contribution in [0.2, 0.25) is 0 Å². The van der Waals surface area contributed by atoms with Crippen LogP contribution < -0.4 is 0 Å². The Balaban J connectivity index is 1.88. The summed E-state index contributed by atoms with van der Waals surface area (Å²) >= 11 is 0. The summed E-state index contributed by atoms with van der Waals surface area (Å²) in [6.45, 7) is 10.6. The van der Waals surface area contributed by atoms with Crippen LogP contribution >= 0.6 is 0 Å². The molecular formula is C26H40O6. The first-order chi connectivity index (χ1) is 15.1. The highest BCUT2D eigenvalue weighted by Gasteiger charge is 2.43. The van der Waals surface area contributed by atoms with Crippen molar-refractivity contribution >= 4 is 0 Å². The SMILES string of the molecule is CC1=C(/C=C/C(C)=C/C=C/C(C)=C/COC2O[C@H](CO)[C@@H](O)[C@H](O)[C@H]2O)C(C)(C)CCC1. The van der Waals surface area contributed by atoms with E-state index in [2.05, 4.69) is 45.9 Å². The van der Waals surface area contributed by atoms with Gasteiger partial charge in [-0.3, -0.25) is 0 Å². The Labute approximate surface area is 192 Å². The smallest absolute Gasteiger partial charge is 0.187 e. The van der Waals surface area contributed by atoms with Gasteiger partial charge < -0.3 is 29.9 Å². The molecule has 0 spiro atoms. The van der Waals surface area contributed by atoms with Crippen molar-refractivity contribution in [2.24, 2.45) is 5.41 Å². The summed E-state index contributed by atoms with van der Waals surface area (Å²) in [5.74, 6) is 0. The molecule has 6 nitrogen and oxygen atoms in total. The Morgan fingerprint density at radius 1 is 1.09 bits per heavy atom. The van der Waals surface area contributed by atoms with Crippen molar-refractivity contribution in [3.05, 3.63) is 58.7 Å². The van der Waals surface area contributed by atoms with E-state index in [1.807, 2.05) is 25.2 Å². The molecule has 0 amide bonds. The van der Waals surface area contributed by atoms with Crippen LogP contribution in [-0.4, -0.2) is 64.3 Å². The Hall–Kier alpha value is -1.54. The molecule has 6 heteroatoms. The lowest BCUT2D eigenvalue weighted by atomic mass is 9.72. The van der Waals surface area contributed by atoms with Crippen LogP contribution in [0.5, 0.6) is 0 Å². The first kappa shape index (κ1) is 26.7.